The number of rotatable bonds is 4. The van der Waals surface area contributed by atoms with Crippen LogP contribution >= 0.6 is 0 Å². The molecule has 1 atom stereocenters. The van der Waals surface area contributed by atoms with Gasteiger partial charge in [0, 0.05) is 33.1 Å². The van der Waals surface area contributed by atoms with Crippen LogP contribution in [0.1, 0.15) is 13.8 Å². The highest BCUT2D eigenvalue weighted by Crippen LogP contribution is 2.17. The molecule has 2 rings (SSSR count). The molecule has 7 nitrogen and oxygen atoms in total. The minimum atomic E-state index is -3.54. The number of benzene rings is 1. The Morgan fingerprint density at radius 3 is 2.17 bits per heavy atom. The maximum absolute atomic E-state index is 12.5. The van der Waals surface area contributed by atoms with Gasteiger partial charge in [0.25, 0.3) is 5.91 Å². The fourth-order valence-electron chi connectivity index (χ4n) is 2.45. The Morgan fingerprint density at radius 1 is 1.09 bits per heavy atom. The summed E-state index contributed by atoms with van der Waals surface area (Å²) in [7, 11) is -3.54. The lowest BCUT2D eigenvalue weighted by Gasteiger charge is -2.35. The third-order valence-electron chi connectivity index (χ3n) is 3.62. The van der Waals surface area contributed by atoms with Gasteiger partial charge in [-0.3, -0.25) is 9.59 Å². The van der Waals surface area contributed by atoms with E-state index in [2.05, 4.69) is 0 Å². The largest absolute Gasteiger partial charge is 0.453 e. The lowest BCUT2D eigenvalue weighted by atomic mass is 10.3. The van der Waals surface area contributed by atoms with Crippen LogP contribution in [0.4, 0.5) is 0 Å². The molecular formula is C15H20N2O5S. The summed E-state index contributed by atoms with van der Waals surface area (Å²) in [5, 5.41) is 0. The van der Waals surface area contributed by atoms with Crippen molar-refractivity contribution < 1.29 is 22.7 Å². The van der Waals surface area contributed by atoms with Crippen LogP contribution in [0, 0.1) is 0 Å². The summed E-state index contributed by atoms with van der Waals surface area (Å²) in [4.78, 5) is 24.8. The van der Waals surface area contributed by atoms with E-state index in [0.29, 0.717) is 0 Å². The molecule has 1 aromatic carbocycles. The van der Waals surface area contributed by atoms with Gasteiger partial charge < -0.3 is 9.64 Å². The molecule has 1 aromatic rings. The van der Waals surface area contributed by atoms with E-state index in [1.54, 1.807) is 30.3 Å². The van der Waals surface area contributed by atoms with Gasteiger partial charge in [0.2, 0.25) is 10.0 Å². The summed E-state index contributed by atoms with van der Waals surface area (Å²) in [6, 6.07) is 8.21. The first-order valence-corrected chi connectivity index (χ1v) is 8.77. The highest BCUT2D eigenvalue weighted by molar-refractivity contribution is 7.89. The number of esters is 1. The van der Waals surface area contributed by atoms with Crippen LogP contribution in [0.3, 0.4) is 0 Å². The summed E-state index contributed by atoms with van der Waals surface area (Å²) in [5.41, 5.74) is 0. The second-order valence-corrected chi connectivity index (χ2v) is 7.23. The lowest BCUT2D eigenvalue weighted by molar-refractivity contribution is -0.157. The second kappa shape index (κ2) is 7.10. The van der Waals surface area contributed by atoms with Gasteiger partial charge in [-0.25, -0.2) is 8.42 Å². The number of sulfonamides is 1. The van der Waals surface area contributed by atoms with Gasteiger partial charge >= 0.3 is 5.97 Å². The Balaban J connectivity index is 1.99. The molecule has 23 heavy (non-hydrogen) atoms. The van der Waals surface area contributed by atoms with Crippen LogP contribution in [-0.2, 0) is 24.3 Å². The minimum absolute atomic E-state index is 0.218. The third kappa shape index (κ3) is 4.08. The molecule has 0 bridgehead atoms. The van der Waals surface area contributed by atoms with Crippen LogP contribution in [0.5, 0.6) is 0 Å². The zero-order chi connectivity index (χ0) is 17.0. The summed E-state index contributed by atoms with van der Waals surface area (Å²) < 4.78 is 31.2. The molecule has 1 fully saturated rings. The Morgan fingerprint density at radius 2 is 1.65 bits per heavy atom. The SMILES string of the molecule is CC(=O)O[C@H](C)C(=O)N1CCN(S(=O)(=O)c2ccccc2)CC1. The van der Waals surface area contributed by atoms with Gasteiger partial charge in [-0.15, -0.1) is 0 Å². The molecule has 1 saturated heterocycles. The zero-order valence-corrected chi connectivity index (χ0v) is 14.0. The number of hydrogen-bond donors (Lipinski definition) is 0. The number of amides is 1. The second-order valence-electron chi connectivity index (χ2n) is 5.29. The van der Waals surface area contributed by atoms with Crippen molar-refractivity contribution >= 4 is 21.9 Å². The average molecular weight is 340 g/mol. The van der Waals surface area contributed by atoms with Crippen molar-refractivity contribution in [2.75, 3.05) is 26.2 Å². The zero-order valence-electron chi connectivity index (χ0n) is 13.1. The Labute approximate surface area is 135 Å². The summed E-state index contributed by atoms with van der Waals surface area (Å²) >= 11 is 0. The fourth-order valence-corrected chi connectivity index (χ4v) is 3.89. The molecule has 0 aliphatic carbocycles. The van der Waals surface area contributed by atoms with Gasteiger partial charge in [0.1, 0.15) is 0 Å². The minimum Gasteiger partial charge on any atom is -0.453 e. The predicted octanol–water partition coefficient (Wildman–Crippen LogP) is 0.471. The fraction of sp³-hybridized carbons (Fsp3) is 0.467. The van der Waals surface area contributed by atoms with Gasteiger partial charge in [-0.2, -0.15) is 4.31 Å². The van der Waals surface area contributed by atoms with E-state index < -0.39 is 22.1 Å². The normalized spacial score (nSPS) is 17.6. The van der Waals surface area contributed by atoms with Gasteiger partial charge in [0.05, 0.1) is 4.90 Å². The van der Waals surface area contributed by atoms with Crippen LogP contribution in [0.15, 0.2) is 35.2 Å². The summed E-state index contributed by atoms with van der Waals surface area (Å²) in [6.07, 6.45) is -0.857. The maximum Gasteiger partial charge on any atom is 0.303 e. The number of ether oxygens (including phenoxy) is 1. The van der Waals surface area contributed by atoms with Crippen molar-refractivity contribution in [3.8, 4) is 0 Å². The Hall–Kier alpha value is -1.93. The molecular weight excluding hydrogens is 320 g/mol. The standard InChI is InChI=1S/C15H20N2O5S/c1-12(22-13(2)18)15(19)16-8-10-17(11-9-16)23(20,21)14-6-4-3-5-7-14/h3-7,12H,8-11H2,1-2H3/t12-/m1/s1. The van der Waals surface area contributed by atoms with Gasteiger partial charge in [-0.05, 0) is 19.1 Å². The van der Waals surface area contributed by atoms with Crippen molar-refractivity contribution in [1.29, 1.82) is 0 Å². The number of carbonyl (C=O) groups excluding carboxylic acids is 2. The highest BCUT2D eigenvalue weighted by Gasteiger charge is 2.32. The third-order valence-corrected chi connectivity index (χ3v) is 5.53. The molecule has 0 aromatic heterocycles. The number of hydrogen-bond acceptors (Lipinski definition) is 5. The van der Waals surface area contributed by atoms with Crippen LogP contribution in [0.2, 0.25) is 0 Å². The van der Waals surface area contributed by atoms with E-state index in [1.807, 2.05) is 0 Å². The molecule has 1 heterocycles. The van der Waals surface area contributed by atoms with E-state index in [0.717, 1.165) is 0 Å². The first-order chi connectivity index (χ1) is 10.8. The molecule has 1 aliphatic heterocycles. The molecule has 0 unspecified atom stereocenters. The van der Waals surface area contributed by atoms with Crippen molar-refractivity contribution in [2.45, 2.75) is 24.8 Å². The van der Waals surface area contributed by atoms with Crippen LogP contribution < -0.4 is 0 Å². The van der Waals surface area contributed by atoms with Gasteiger partial charge in [-0.1, -0.05) is 18.2 Å². The number of nitrogens with zero attached hydrogens (tertiary/aromatic N) is 2. The van der Waals surface area contributed by atoms with Crippen LogP contribution in [0.25, 0.3) is 0 Å². The average Bonchev–Trinajstić information content (AvgIpc) is 2.54. The van der Waals surface area contributed by atoms with Crippen molar-refractivity contribution in [1.82, 2.24) is 9.21 Å². The van der Waals surface area contributed by atoms with E-state index in [-0.39, 0.29) is 37.0 Å². The molecule has 0 spiro atoms. The first kappa shape index (κ1) is 17.4. The maximum atomic E-state index is 12.5. The first-order valence-electron chi connectivity index (χ1n) is 7.33. The molecule has 8 heteroatoms. The number of piperazine rings is 1. The van der Waals surface area contributed by atoms with E-state index in [9.17, 15) is 18.0 Å². The van der Waals surface area contributed by atoms with Gasteiger partial charge in [0.15, 0.2) is 6.10 Å². The van der Waals surface area contributed by atoms with Crippen molar-refractivity contribution in [2.24, 2.45) is 0 Å². The van der Waals surface area contributed by atoms with E-state index >= 15 is 0 Å². The number of carbonyl (C=O) groups is 2. The predicted molar refractivity (Wildman–Crippen MR) is 83.0 cm³/mol. The highest BCUT2D eigenvalue weighted by atomic mass is 32.2. The van der Waals surface area contributed by atoms with E-state index in [1.165, 1.54) is 23.1 Å². The molecule has 0 saturated carbocycles. The summed E-state index contributed by atoms with van der Waals surface area (Å²) in [6.45, 7) is 3.74. The van der Waals surface area contributed by atoms with Crippen molar-refractivity contribution in [3.63, 3.8) is 0 Å². The lowest BCUT2D eigenvalue weighted by Crippen LogP contribution is -2.52. The van der Waals surface area contributed by atoms with Crippen molar-refractivity contribution in [3.05, 3.63) is 30.3 Å². The molecule has 1 amide bonds. The topological polar surface area (TPSA) is 84.0 Å². The molecule has 0 radical (unpaired) electrons. The smallest absolute Gasteiger partial charge is 0.303 e. The van der Waals surface area contributed by atoms with E-state index in [4.69, 9.17) is 4.74 Å². The summed E-state index contributed by atoms with van der Waals surface area (Å²) in [5.74, 6) is -0.826. The monoisotopic (exact) mass is 340 g/mol. The van der Waals surface area contributed by atoms with Crippen LogP contribution in [-0.4, -0.2) is 61.8 Å². The molecule has 1 aliphatic rings. The Bertz CT molecular complexity index is 666. The molecule has 0 N–H and O–H groups in total. The quantitative estimate of drug-likeness (QED) is 0.744. The molecule has 126 valence electrons. The Kier molecular flexibility index (Phi) is 5.38.